The molecular weight excluding hydrogens is 320 g/mol. The third-order valence-electron chi connectivity index (χ3n) is 5.18. The molecule has 2 amide bonds. The first kappa shape index (κ1) is 17.9. The Bertz CT molecular complexity index is 599. The topological polar surface area (TPSA) is 76.7 Å². The van der Waals surface area contributed by atoms with Gasteiger partial charge in [0, 0.05) is 19.1 Å². The number of methoxy groups -OCH3 is 1. The van der Waals surface area contributed by atoms with E-state index < -0.39 is 12.1 Å². The number of morpholine rings is 1. The fourth-order valence-electron chi connectivity index (χ4n) is 3.88. The summed E-state index contributed by atoms with van der Waals surface area (Å²) >= 11 is 0. The third-order valence-corrected chi connectivity index (χ3v) is 5.18. The van der Waals surface area contributed by atoms with E-state index in [4.69, 9.17) is 9.47 Å². The molecule has 2 atom stereocenters. The summed E-state index contributed by atoms with van der Waals surface area (Å²) in [5, 5.41) is 5.92. The number of carbonyl (C=O) groups excluding carboxylic acids is 2. The first-order valence-corrected chi connectivity index (χ1v) is 8.86. The number of rotatable bonds is 6. The molecule has 25 heavy (non-hydrogen) atoms. The van der Waals surface area contributed by atoms with Gasteiger partial charge in [-0.1, -0.05) is 43.2 Å². The molecule has 6 nitrogen and oxygen atoms in total. The van der Waals surface area contributed by atoms with E-state index >= 15 is 0 Å². The SMILES string of the molecule is COCC1(CNC(=O)[C@H]2OCC(=O)N[C@@H]2c2ccccc2)CCCC1. The number of hydrogen-bond acceptors (Lipinski definition) is 4. The Labute approximate surface area is 148 Å². The number of amides is 2. The Kier molecular flexibility index (Phi) is 5.71. The molecule has 1 heterocycles. The summed E-state index contributed by atoms with van der Waals surface area (Å²) in [4.78, 5) is 24.5. The normalized spacial score (nSPS) is 25.4. The van der Waals surface area contributed by atoms with Crippen molar-refractivity contribution >= 4 is 11.8 Å². The largest absolute Gasteiger partial charge is 0.384 e. The van der Waals surface area contributed by atoms with Gasteiger partial charge in [-0.15, -0.1) is 0 Å². The van der Waals surface area contributed by atoms with Crippen molar-refractivity contribution < 1.29 is 19.1 Å². The zero-order valence-corrected chi connectivity index (χ0v) is 14.6. The first-order valence-electron chi connectivity index (χ1n) is 8.86. The first-order chi connectivity index (χ1) is 12.1. The monoisotopic (exact) mass is 346 g/mol. The van der Waals surface area contributed by atoms with Crippen LogP contribution < -0.4 is 10.6 Å². The third kappa shape index (κ3) is 4.19. The maximum Gasteiger partial charge on any atom is 0.251 e. The predicted molar refractivity (Wildman–Crippen MR) is 92.9 cm³/mol. The lowest BCUT2D eigenvalue weighted by atomic mass is 9.87. The van der Waals surface area contributed by atoms with Crippen LogP contribution in [-0.4, -0.2) is 44.8 Å². The Balaban J connectivity index is 1.67. The average Bonchev–Trinajstić information content (AvgIpc) is 3.09. The zero-order valence-electron chi connectivity index (χ0n) is 14.6. The van der Waals surface area contributed by atoms with E-state index in [0.717, 1.165) is 18.4 Å². The molecule has 0 spiro atoms. The minimum absolute atomic E-state index is 0.0184. The van der Waals surface area contributed by atoms with Crippen molar-refractivity contribution in [3.63, 3.8) is 0 Å². The van der Waals surface area contributed by atoms with Crippen molar-refractivity contribution in [2.24, 2.45) is 5.41 Å². The van der Waals surface area contributed by atoms with E-state index in [1.807, 2.05) is 30.3 Å². The summed E-state index contributed by atoms with van der Waals surface area (Å²) in [7, 11) is 1.70. The lowest BCUT2D eigenvalue weighted by Crippen LogP contribution is -2.53. The Hall–Kier alpha value is -1.92. The number of hydrogen-bond donors (Lipinski definition) is 2. The summed E-state index contributed by atoms with van der Waals surface area (Å²) in [6.07, 6.45) is 3.74. The van der Waals surface area contributed by atoms with Gasteiger partial charge in [0.1, 0.15) is 6.61 Å². The number of benzene rings is 1. The van der Waals surface area contributed by atoms with E-state index in [9.17, 15) is 9.59 Å². The van der Waals surface area contributed by atoms with Crippen LogP contribution in [0.25, 0.3) is 0 Å². The molecule has 0 aromatic heterocycles. The molecule has 3 rings (SSSR count). The van der Waals surface area contributed by atoms with Gasteiger partial charge in [-0.05, 0) is 18.4 Å². The molecule has 6 heteroatoms. The van der Waals surface area contributed by atoms with Crippen molar-refractivity contribution in [1.82, 2.24) is 10.6 Å². The lowest BCUT2D eigenvalue weighted by Gasteiger charge is -2.33. The molecule has 2 aliphatic rings. The van der Waals surface area contributed by atoms with E-state index in [1.54, 1.807) is 7.11 Å². The van der Waals surface area contributed by atoms with E-state index in [2.05, 4.69) is 10.6 Å². The molecule has 1 saturated carbocycles. The molecule has 0 radical (unpaired) electrons. The van der Waals surface area contributed by atoms with Crippen LogP contribution in [0.2, 0.25) is 0 Å². The fraction of sp³-hybridized carbons (Fsp3) is 0.579. The van der Waals surface area contributed by atoms with Crippen LogP contribution in [0.3, 0.4) is 0 Å². The molecule has 1 aliphatic carbocycles. The molecule has 136 valence electrons. The molecule has 1 aromatic rings. The molecule has 1 aromatic carbocycles. The van der Waals surface area contributed by atoms with Gasteiger partial charge in [0.2, 0.25) is 5.91 Å². The van der Waals surface area contributed by atoms with Gasteiger partial charge in [0.05, 0.1) is 12.6 Å². The maximum atomic E-state index is 12.8. The number of carbonyl (C=O) groups is 2. The van der Waals surface area contributed by atoms with Gasteiger partial charge in [0.25, 0.3) is 5.91 Å². The van der Waals surface area contributed by atoms with E-state index in [-0.39, 0.29) is 23.8 Å². The molecule has 1 aliphatic heterocycles. The summed E-state index contributed by atoms with van der Waals surface area (Å²) in [5.74, 6) is -0.388. The Morgan fingerprint density at radius 2 is 2.04 bits per heavy atom. The average molecular weight is 346 g/mol. The Morgan fingerprint density at radius 3 is 2.72 bits per heavy atom. The molecule has 0 bridgehead atoms. The molecule has 1 saturated heterocycles. The van der Waals surface area contributed by atoms with Crippen molar-refractivity contribution in [2.45, 2.75) is 37.8 Å². The quantitative estimate of drug-likeness (QED) is 0.820. The van der Waals surface area contributed by atoms with Gasteiger partial charge in [0.15, 0.2) is 6.10 Å². The second kappa shape index (κ2) is 7.97. The number of ether oxygens (including phenoxy) is 2. The minimum atomic E-state index is -0.721. The van der Waals surface area contributed by atoms with Crippen molar-refractivity contribution in [2.75, 3.05) is 26.9 Å². The van der Waals surface area contributed by atoms with Crippen LogP contribution in [0.1, 0.15) is 37.3 Å². The molecular formula is C19H26N2O4. The van der Waals surface area contributed by atoms with Crippen LogP contribution >= 0.6 is 0 Å². The standard InChI is InChI=1S/C19H26N2O4/c1-24-13-19(9-5-6-10-19)12-20-18(23)17-16(21-15(22)11-25-17)14-7-3-2-4-8-14/h2-4,7-8,16-17H,5-6,9-13H2,1H3,(H,20,23)(H,21,22)/t16-,17+/m1/s1. The second-order valence-corrected chi connectivity index (χ2v) is 7.05. The lowest BCUT2D eigenvalue weighted by molar-refractivity contribution is -0.148. The predicted octanol–water partition coefficient (Wildman–Crippen LogP) is 1.57. The summed E-state index contributed by atoms with van der Waals surface area (Å²) in [6, 6.07) is 8.99. The van der Waals surface area contributed by atoms with E-state index in [1.165, 1.54) is 12.8 Å². The van der Waals surface area contributed by atoms with Crippen LogP contribution in [0, 0.1) is 5.41 Å². The van der Waals surface area contributed by atoms with Gasteiger partial charge < -0.3 is 20.1 Å². The van der Waals surface area contributed by atoms with Gasteiger partial charge >= 0.3 is 0 Å². The van der Waals surface area contributed by atoms with Crippen LogP contribution in [-0.2, 0) is 19.1 Å². The Morgan fingerprint density at radius 1 is 1.32 bits per heavy atom. The maximum absolute atomic E-state index is 12.8. The van der Waals surface area contributed by atoms with Crippen molar-refractivity contribution in [1.29, 1.82) is 0 Å². The van der Waals surface area contributed by atoms with Crippen molar-refractivity contribution in [3.05, 3.63) is 35.9 Å². The van der Waals surface area contributed by atoms with E-state index in [0.29, 0.717) is 13.2 Å². The second-order valence-electron chi connectivity index (χ2n) is 7.05. The fourth-order valence-corrected chi connectivity index (χ4v) is 3.88. The summed E-state index contributed by atoms with van der Waals surface area (Å²) in [5.41, 5.74) is 0.882. The highest BCUT2D eigenvalue weighted by molar-refractivity contribution is 5.86. The molecule has 2 N–H and O–H groups in total. The van der Waals surface area contributed by atoms with Gasteiger partial charge in [-0.3, -0.25) is 9.59 Å². The highest BCUT2D eigenvalue weighted by atomic mass is 16.5. The van der Waals surface area contributed by atoms with Gasteiger partial charge in [-0.25, -0.2) is 0 Å². The van der Waals surface area contributed by atoms with Crippen molar-refractivity contribution in [3.8, 4) is 0 Å². The summed E-state index contributed by atoms with van der Waals surface area (Å²) < 4.78 is 10.9. The van der Waals surface area contributed by atoms with Crippen LogP contribution in [0.4, 0.5) is 0 Å². The smallest absolute Gasteiger partial charge is 0.251 e. The van der Waals surface area contributed by atoms with Crippen LogP contribution in [0.5, 0.6) is 0 Å². The zero-order chi connectivity index (χ0) is 17.7. The molecule has 0 unspecified atom stereocenters. The number of nitrogens with one attached hydrogen (secondary N) is 2. The minimum Gasteiger partial charge on any atom is -0.384 e. The highest BCUT2D eigenvalue weighted by Gasteiger charge is 2.38. The summed E-state index contributed by atoms with van der Waals surface area (Å²) in [6.45, 7) is 1.14. The highest BCUT2D eigenvalue weighted by Crippen LogP contribution is 2.37. The molecule has 2 fully saturated rings. The van der Waals surface area contributed by atoms with Crippen LogP contribution in [0.15, 0.2) is 30.3 Å². The van der Waals surface area contributed by atoms with Gasteiger partial charge in [-0.2, -0.15) is 0 Å².